The van der Waals surface area contributed by atoms with E-state index in [0.29, 0.717) is 23.7 Å². The van der Waals surface area contributed by atoms with Crippen LogP contribution in [0.5, 0.6) is 0 Å². The van der Waals surface area contributed by atoms with Crippen molar-refractivity contribution in [1.82, 2.24) is 0 Å². The van der Waals surface area contributed by atoms with Gasteiger partial charge in [0.2, 0.25) is 0 Å². The van der Waals surface area contributed by atoms with Crippen LogP contribution in [0.3, 0.4) is 0 Å². The van der Waals surface area contributed by atoms with E-state index in [2.05, 4.69) is 52.9 Å². The van der Waals surface area contributed by atoms with Crippen LogP contribution in [0.1, 0.15) is 23.0 Å². The zero-order valence-electron chi connectivity index (χ0n) is 8.98. The molecular weight excluding hydrogens is 366 g/mol. The van der Waals surface area contributed by atoms with Crippen LogP contribution in [0.4, 0.5) is 0 Å². The van der Waals surface area contributed by atoms with E-state index in [4.69, 9.17) is 23.2 Å². The van der Waals surface area contributed by atoms with Gasteiger partial charge in [0.25, 0.3) is 0 Å². The average Bonchev–Trinajstić information content (AvgIpc) is 2.37. The Bertz CT molecular complexity index is 525. The number of alkyl halides is 2. The second-order valence-electron chi connectivity index (χ2n) is 5.22. The lowest BCUT2D eigenvalue weighted by atomic mass is 9.51. The smallest absolute Gasteiger partial charge is 0.0543 e. The minimum Gasteiger partial charge on any atom is -0.121 e. The quantitative estimate of drug-likeness (QED) is 0.355. The van der Waals surface area contributed by atoms with Crippen LogP contribution in [0, 0.1) is 15.4 Å². The fourth-order valence-corrected chi connectivity index (χ4v) is 5.73. The molecule has 4 aliphatic rings. The molecule has 4 aliphatic carbocycles. The first kappa shape index (κ1) is 11.1. The van der Waals surface area contributed by atoms with Crippen LogP contribution in [0.2, 0.25) is 0 Å². The summed E-state index contributed by atoms with van der Waals surface area (Å²) in [4.78, 5) is 0. The van der Waals surface area contributed by atoms with Crippen LogP contribution in [0.15, 0.2) is 30.4 Å². The molecular formula is C14H11Cl2I. The third-order valence-corrected chi connectivity index (χ3v) is 6.81. The number of halogens is 3. The summed E-state index contributed by atoms with van der Waals surface area (Å²) in [6.45, 7) is 0. The molecule has 1 aromatic carbocycles. The summed E-state index contributed by atoms with van der Waals surface area (Å²) in [5, 5.41) is 0.286. The Morgan fingerprint density at radius 3 is 2.35 bits per heavy atom. The predicted octanol–water partition coefficient (Wildman–Crippen LogP) is 4.50. The molecule has 1 fully saturated rings. The highest BCUT2D eigenvalue weighted by atomic mass is 127. The van der Waals surface area contributed by atoms with Crippen molar-refractivity contribution in [1.29, 1.82) is 0 Å². The van der Waals surface area contributed by atoms with Crippen LogP contribution in [-0.2, 0) is 0 Å². The molecule has 17 heavy (non-hydrogen) atoms. The minimum absolute atomic E-state index is 0.142. The highest BCUT2D eigenvalue weighted by Gasteiger charge is 2.59. The van der Waals surface area contributed by atoms with E-state index in [0.717, 1.165) is 0 Å². The third kappa shape index (κ3) is 1.26. The maximum atomic E-state index is 6.42. The van der Waals surface area contributed by atoms with Crippen molar-refractivity contribution in [3.05, 3.63) is 45.0 Å². The maximum absolute atomic E-state index is 6.42. The molecule has 0 unspecified atom stereocenters. The average molecular weight is 377 g/mol. The molecule has 1 aromatic rings. The van der Waals surface area contributed by atoms with Gasteiger partial charge in [-0.15, -0.1) is 23.2 Å². The molecule has 1 saturated carbocycles. The van der Waals surface area contributed by atoms with Crippen LogP contribution in [-0.4, -0.2) is 10.8 Å². The molecule has 0 aromatic heterocycles. The second-order valence-corrected chi connectivity index (χ2v) is 7.39. The molecule has 0 nitrogen and oxygen atoms in total. The van der Waals surface area contributed by atoms with Gasteiger partial charge in [-0.1, -0.05) is 24.3 Å². The van der Waals surface area contributed by atoms with Crippen molar-refractivity contribution in [2.75, 3.05) is 0 Å². The van der Waals surface area contributed by atoms with Crippen molar-refractivity contribution in [3.63, 3.8) is 0 Å². The third-order valence-electron chi connectivity index (χ3n) is 4.62. The zero-order valence-corrected chi connectivity index (χ0v) is 12.7. The zero-order chi connectivity index (χ0) is 11.7. The fraction of sp³-hybridized carbons (Fsp3) is 0.429. The van der Waals surface area contributed by atoms with E-state index in [9.17, 15) is 0 Å². The van der Waals surface area contributed by atoms with Gasteiger partial charge >= 0.3 is 0 Å². The Morgan fingerprint density at radius 2 is 1.59 bits per heavy atom. The van der Waals surface area contributed by atoms with E-state index >= 15 is 0 Å². The molecule has 0 heterocycles. The molecule has 88 valence electrons. The predicted molar refractivity (Wildman–Crippen MR) is 80.0 cm³/mol. The number of rotatable bonds is 0. The Labute approximate surface area is 125 Å². The van der Waals surface area contributed by atoms with Crippen molar-refractivity contribution in [2.45, 2.75) is 22.6 Å². The van der Waals surface area contributed by atoms with Gasteiger partial charge in [0.1, 0.15) is 0 Å². The number of allylic oxidation sites excluding steroid dienone is 2. The summed E-state index contributed by atoms with van der Waals surface area (Å²) in [5.41, 5.74) is 3.00. The molecule has 0 radical (unpaired) electrons. The molecule has 0 saturated heterocycles. The molecule has 0 N–H and O–H groups in total. The first-order chi connectivity index (χ1) is 8.20. The van der Waals surface area contributed by atoms with Gasteiger partial charge in [-0.3, -0.25) is 0 Å². The summed E-state index contributed by atoms with van der Waals surface area (Å²) < 4.78 is 1.37. The number of benzene rings is 1. The molecule has 3 heteroatoms. The van der Waals surface area contributed by atoms with Gasteiger partial charge in [0.15, 0.2) is 0 Å². The van der Waals surface area contributed by atoms with Gasteiger partial charge in [0, 0.05) is 15.4 Å². The Hall–Kier alpha value is 0.270. The van der Waals surface area contributed by atoms with E-state index in [1.807, 2.05) is 0 Å². The summed E-state index contributed by atoms with van der Waals surface area (Å²) in [6.07, 6.45) is 4.71. The van der Waals surface area contributed by atoms with E-state index in [-0.39, 0.29) is 10.8 Å². The first-order valence-corrected chi connectivity index (χ1v) is 7.90. The summed E-state index contributed by atoms with van der Waals surface area (Å²) in [6, 6.07) is 6.62. The number of hydrogen-bond donors (Lipinski definition) is 0. The summed E-state index contributed by atoms with van der Waals surface area (Å²) in [5.74, 6) is 2.09. The lowest BCUT2D eigenvalue weighted by molar-refractivity contribution is 0.129. The molecule has 2 bridgehead atoms. The Kier molecular flexibility index (Phi) is 2.38. The van der Waals surface area contributed by atoms with Crippen molar-refractivity contribution in [3.8, 4) is 0 Å². The first-order valence-electron chi connectivity index (χ1n) is 5.95. The van der Waals surface area contributed by atoms with Gasteiger partial charge < -0.3 is 0 Å². The maximum Gasteiger partial charge on any atom is 0.0543 e. The normalized spacial score (nSPS) is 45.1. The van der Waals surface area contributed by atoms with E-state index in [1.54, 1.807) is 0 Å². The minimum atomic E-state index is 0.142. The molecule has 0 aliphatic heterocycles. The largest absolute Gasteiger partial charge is 0.121 e. The monoisotopic (exact) mass is 376 g/mol. The second kappa shape index (κ2) is 3.64. The van der Waals surface area contributed by atoms with E-state index < -0.39 is 0 Å². The molecule has 5 rings (SSSR count). The molecule has 0 amide bonds. The van der Waals surface area contributed by atoms with Crippen LogP contribution in [0.25, 0.3) is 0 Å². The number of hydrogen-bond acceptors (Lipinski definition) is 0. The highest BCUT2D eigenvalue weighted by molar-refractivity contribution is 14.1. The van der Waals surface area contributed by atoms with Crippen LogP contribution >= 0.6 is 45.8 Å². The van der Waals surface area contributed by atoms with Gasteiger partial charge in [0.05, 0.1) is 10.8 Å². The van der Waals surface area contributed by atoms with Crippen molar-refractivity contribution < 1.29 is 0 Å². The van der Waals surface area contributed by atoms with Gasteiger partial charge in [-0.2, -0.15) is 0 Å². The lowest BCUT2D eigenvalue weighted by Gasteiger charge is -2.58. The standard InChI is InChI=1S/C14H11Cl2I/c15-13-11-7-4-5-8(12(11)14(13)16)10-6(7)2-1-3-9(10)17/h1-5,7-8,11-14H/t7-,8-,11-,12-,13-,14+/m1/s1. The van der Waals surface area contributed by atoms with E-state index in [1.165, 1.54) is 14.7 Å². The fourth-order valence-electron chi connectivity index (χ4n) is 3.87. The van der Waals surface area contributed by atoms with Gasteiger partial charge in [-0.25, -0.2) is 0 Å². The summed E-state index contributed by atoms with van der Waals surface area (Å²) in [7, 11) is 0. The van der Waals surface area contributed by atoms with Crippen LogP contribution < -0.4 is 0 Å². The molecule has 0 spiro atoms. The highest BCUT2D eigenvalue weighted by Crippen LogP contribution is 2.63. The molecule has 6 atom stereocenters. The Morgan fingerprint density at radius 1 is 0.941 bits per heavy atom. The SMILES string of the molecule is Cl[C@@H]1[C@H](Cl)[C@H]2[C@H]1[C@@H]1C=C[C@@H]2c2cccc(I)c21. The summed E-state index contributed by atoms with van der Waals surface area (Å²) >= 11 is 15.3. The Balaban J connectivity index is 1.93. The topological polar surface area (TPSA) is 0 Å². The van der Waals surface area contributed by atoms with Gasteiger partial charge in [-0.05, 0) is 51.6 Å². The lowest BCUT2D eigenvalue weighted by Crippen LogP contribution is -2.57. The van der Waals surface area contributed by atoms with Crippen molar-refractivity contribution >= 4 is 45.8 Å². The van der Waals surface area contributed by atoms with Crippen molar-refractivity contribution in [2.24, 2.45) is 11.8 Å².